The van der Waals surface area contributed by atoms with Crippen LogP contribution in [0.3, 0.4) is 0 Å². The van der Waals surface area contributed by atoms with Gasteiger partial charge < -0.3 is 10.6 Å². The van der Waals surface area contributed by atoms with Crippen molar-refractivity contribution in [1.82, 2.24) is 10.6 Å². The second kappa shape index (κ2) is 6.76. The van der Waals surface area contributed by atoms with Crippen molar-refractivity contribution in [2.45, 2.75) is 57.0 Å². The Bertz CT molecular complexity index is 668. The molecule has 140 valence electrons. The molecule has 6 heteroatoms. The number of carbonyl (C=O) groups excluding carboxylic acids is 2. The largest absolute Gasteiger partial charge is 0.374 e. The van der Waals surface area contributed by atoms with Gasteiger partial charge in [0.1, 0.15) is 6.04 Å². The van der Waals surface area contributed by atoms with Crippen LogP contribution in [0.4, 0.5) is 10.5 Å². The summed E-state index contributed by atoms with van der Waals surface area (Å²) in [6, 6.07) is 6.26. The van der Waals surface area contributed by atoms with Gasteiger partial charge in [0.05, 0.1) is 0 Å². The number of hydrogen-bond acceptors (Lipinski definition) is 3. The lowest BCUT2D eigenvalue weighted by Gasteiger charge is -2.56. The minimum absolute atomic E-state index is 0.0913. The van der Waals surface area contributed by atoms with Crippen LogP contribution in [0.15, 0.2) is 24.3 Å². The quantitative estimate of drug-likeness (QED) is 0.746. The summed E-state index contributed by atoms with van der Waals surface area (Å²) >= 11 is 5.87. The average Bonchev–Trinajstić information content (AvgIpc) is 2.55. The van der Waals surface area contributed by atoms with E-state index in [1.807, 2.05) is 12.1 Å². The Morgan fingerprint density at radius 2 is 1.58 bits per heavy atom. The molecule has 1 unspecified atom stereocenters. The highest BCUT2D eigenvalue weighted by Gasteiger charge is 2.51. The number of benzene rings is 1. The van der Waals surface area contributed by atoms with Crippen molar-refractivity contribution in [2.24, 2.45) is 17.8 Å². The van der Waals surface area contributed by atoms with E-state index in [0.717, 1.165) is 42.7 Å². The van der Waals surface area contributed by atoms with Crippen molar-refractivity contribution in [3.8, 4) is 0 Å². The molecule has 0 aliphatic heterocycles. The Hall–Kier alpha value is -1.75. The van der Waals surface area contributed by atoms with Gasteiger partial charge in [0.2, 0.25) is 5.91 Å². The van der Waals surface area contributed by atoms with Crippen molar-refractivity contribution in [2.75, 3.05) is 5.32 Å². The molecule has 1 aromatic rings. The van der Waals surface area contributed by atoms with Crippen LogP contribution in [0.2, 0.25) is 5.02 Å². The lowest BCUT2D eigenvalue weighted by Crippen LogP contribution is -2.62. The molecule has 26 heavy (non-hydrogen) atoms. The first-order valence-electron chi connectivity index (χ1n) is 9.56. The Morgan fingerprint density at radius 1 is 1.04 bits per heavy atom. The number of hydrogen-bond donors (Lipinski definition) is 3. The summed E-state index contributed by atoms with van der Waals surface area (Å²) in [6.45, 7) is 1.74. The van der Waals surface area contributed by atoms with E-state index in [1.165, 1.54) is 19.3 Å². The van der Waals surface area contributed by atoms with Gasteiger partial charge in [-0.15, -0.1) is 0 Å². The van der Waals surface area contributed by atoms with E-state index >= 15 is 0 Å². The predicted octanol–water partition coefficient (Wildman–Crippen LogP) is 3.94. The van der Waals surface area contributed by atoms with E-state index < -0.39 is 6.04 Å². The Morgan fingerprint density at radius 3 is 2.12 bits per heavy atom. The van der Waals surface area contributed by atoms with Crippen LogP contribution in [0.5, 0.6) is 0 Å². The molecule has 0 heterocycles. The van der Waals surface area contributed by atoms with Gasteiger partial charge in [0.25, 0.3) is 0 Å². The van der Waals surface area contributed by atoms with E-state index in [-0.39, 0.29) is 17.5 Å². The standard InChI is InChI=1S/C20H26ClN3O2/c1-12(22-17-4-2-16(21)3-5-17)18(25)23-19(26)24-20-9-13-6-14(10-20)8-15(7-13)11-20/h2-5,12-15,22H,6-11H2,1H3,(H2,23,24,25,26). The molecule has 0 spiro atoms. The second-order valence-corrected chi connectivity index (χ2v) is 8.95. The fourth-order valence-corrected chi connectivity index (χ4v) is 5.74. The van der Waals surface area contributed by atoms with Crippen LogP contribution < -0.4 is 16.0 Å². The molecule has 4 saturated carbocycles. The van der Waals surface area contributed by atoms with Crippen molar-refractivity contribution in [3.63, 3.8) is 0 Å². The van der Waals surface area contributed by atoms with Gasteiger partial charge in [0, 0.05) is 16.2 Å². The summed E-state index contributed by atoms with van der Waals surface area (Å²) in [5.41, 5.74) is 0.699. The molecule has 4 fully saturated rings. The summed E-state index contributed by atoms with van der Waals surface area (Å²) in [5, 5.41) is 9.40. The number of halogens is 1. The van der Waals surface area contributed by atoms with Crippen LogP contribution in [-0.4, -0.2) is 23.5 Å². The highest BCUT2D eigenvalue weighted by atomic mass is 35.5. The maximum atomic E-state index is 12.5. The van der Waals surface area contributed by atoms with Crippen LogP contribution in [0.25, 0.3) is 0 Å². The minimum atomic E-state index is -0.515. The van der Waals surface area contributed by atoms with Crippen LogP contribution in [0.1, 0.15) is 45.4 Å². The molecule has 3 N–H and O–H groups in total. The number of carbonyl (C=O) groups is 2. The van der Waals surface area contributed by atoms with Crippen molar-refractivity contribution < 1.29 is 9.59 Å². The Labute approximate surface area is 159 Å². The lowest BCUT2D eigenvalue weighted by molar-refractivity contribution is -0.120. The fourth-order valence-electron chi connectivity index (χ4n) is 5.62. The first-order valence-corrected chi connectivity index (χ1v) is 9.94. The van der Waals surface area contributed by atoms with E-state index in [1.54, 1.807) is 19.1 Å². The molecule has 5 nitrogen and oxygen atoms in total. The van der Waals surface area contributed by atoms with E-state index in [2.05, 4.69) is 16.0 Å². The first kappa shape index (κ1) is 17.7. The molecular formula is C20H26ClN3O2. The topological polar surface area (TPSA) is 70.2 Å². The third kappa shape index (κ3) is 3.68. The molecule has 0 saturated heterocycles. The molecule has 5 rings (SSSR count). The first-order chi connectivity index (χ1) is 12.4. The average molecular weight is 376 g/mol. The normalized spacial score (nSPS) is 32.8. The maximum Gasteiger partial charge on any atom is 0.321 e. The van der Waals surface area contributed by atoms with Crippen molar-refractivity contribution in [3.05, 3.63) is 29.3 Å². The molecule has 4 aliphatic carbocycles. The predicted molar refractivity (Wildman–Crippen MR) is 102 cm³/mol. The Kier molecular flexibility index (Phi) is 4.59. The van der Waals surface area contributed by atoms with Gasteiger partial charge in [0.15, 0.2) is 0 Å². The lowest BCUT2D eigenvalue weighted by atomic mass is 9.53. The number of rotatable bonds is 4. The summed E-state index contributed by atoms with van der Waals surface area (Å²) in [4.78, 5) is 24.8. The summed E-state index contributed by atoms with van der Waals surface area (Å²) in [5.74, 6) is 1.93. The van der Waals surface area contributed by atoms with Crippen LogP contribution >= 0.6 is 11.6 Å². The van der Waals surface area contributed by atoms with Crippen LogP contribution in [0, 0.1) is 17.8 Å². The van der Waals surface area contributed by atoms with Gasteiger partial charge in [-0.1, -0.05) is 11.6 Å². The van der Waals surface area contributed by atoms with Crippen molar-refractivity contribution >= 4 is 29.2 Å². The van der Waals surface area contributed by atoms with E-state index in [4.69, 9.17) is 11.6 Å². The monoisotopic (exact) mass is 375 g/mol. The van der Waals surface area contributed by atoms with Gasteiger partial charge >= 0.3 is 6.03 Å². The Balaban J connectivity index is 1.31. The fraction of sp³-hybridized carbons (Fsp3) is 0.600. The maximum absolute atomic E-state index is 12.5. The number of anilines is 1. The number of nitrogens with one attached hydrogen (secondary N) is 3. The molecule has 0 radical (unpaired) electrons. The van der Waals surface area contributed by atoms with Gasteiger partial charge in [-0.3, -0.25) is 10.1 Å². The van der Waals surface area contributed by atoms with Gasteiger partial charge in [-0.25, -0.2) is 4.79 Å². The highest BCUT2D eigenvalue weighted by Crippen LogP contribution is 2.55. The highest BCUT2D eigenvalue weighted by molar-refractivity contribution is 6.30. The van der Waals surface area contributed by atoms with Crippen LogP contribution in [-0.2, 0) is 4.79 Å². The zero-order valence-corrected chi connectivity index (χ0v) is 15.8. The number of imide groups is 1. The zero-order valence-electron chi connectivity index (χ0n) is 15.1. The molecule has 1 aromatic carbocycles. The van der Waals surface area contributed by atoms with E-state index in [9.17, 15) is 9.59 Å². The number of urea groups is 1. The molecule has 3 amide bonds. The molecule has 4 bridgehead atoms. The zero-order chi connectivity index (χ0) is 18.3. The second-order valence-electron chi connectivity index (χ2n) is 8.51. The van der Waals surface area contributed by atoms with Gasteiger partial charge in [-0.2, -0.15) is 0 Å². The smallest absolute Gasteiger partial charge is 0.321 e. The third-order valence-corrected chi connectivity index (χ3v) is 6.53. The summed E-state index contributed by atoms with van der Waals surface area (Å²) < 4.78 is 0. The van der Waals surface area contributed by atoms with E-state index in [0.29, 0.717) is 5.02 Å². The number of amides is 3. The molecular weight excluding hydrogens is 350 g/mol. The molecule has 1 atom stereocenters. The third-order valence-electron chi connectivity index (χ3n) is 6.27. The van der Waals surface area contributed by atoms with Gasteiger partial charge in [-0.05, 0) is 87.5 Å². The van der Waals surface area contributed by atoms with Crippen molar-refractivity contribution in [1.29, 1.82) is 0 Å². The molecule has 0 aromatic heterocycles. The summed E-state index contributed by atoms with van der Waals surface area (Å²) in [7, 11) is 0. The minimum Gasteiger partial charge on any atom is -0.374 e. The SMILES string of the molecule is CC(Nc1ccc(Cl)cc1)C(=O)NC(=O)NC12CC3CC(CC(C3)C1)C2. The summed E-state index contributed by atoms with van der Waals surface area (Å²) in [6.07, 6.45) is 7.17. The molecule has 4 aliphatic rings.